The topological polar surface area (TPSA) is 52.6 Å². The van der Waals surface area contributed by atoms with Crippen molar-refractivity contribution in [1.29, 1.82) is 0 Å². The van der Waals surface area contributed by atoms with Gasteiger partial charge in [0, 0.05) is 76.8 Å². The van der Waals surface area contributed by atoms with Crippen molar-refractivity contribution in [2.24, 2.45) is 0 Å². The van der Waals surface area contributed by atoms with Gasteiger partial charge in [0.25, 0.3) is 0 Å². The second kappa shape index (κ2) is 26.8. The summed E-state index contributed by atoms with van der Waals surface area (Å²) >= 11 is 6.93. The molecule has 6 heterocycles. The number of carbonyl (C=O) groups excluding carboxylic acids is 2. The summed E-state index contributed by atoms with van der Waals surface area (Å²) in [6.07, 6.45) is 24.7. The second-order valence-electron chi connectivity index (χ2n) is 17.4. The van der Waals surface area contributed by atoms with Crippen LogP contribution in [-0.4, -0.2) is 75.9 Å². The van der Waals surface area contributed by atoms with Gasteiger partial charge in [-0.05, 0) is 99.6 Å². The first-order chi connectivity index (χ1) is 29.9. The van der Waals surface area contributed by atoms with Gasteiger partial charge in [-0.2, -0.15) is 35.3 Å². The van der Waals surface area contributed by atoms with Crippen LogP contribution in [0.3, 0.4) is 0 Å². The quantitative estimate of drug-likeness (QED) is 0.0296. The minimum atomic E-state index is -0.164. The summed E-state index contributed by atoms with van der Waals surface area (Å²) in [5.74, 6) is 3.68. The maximum atomic E-state index is 11.6. The lowest BCUT2D eigenvalue weighted by Gasteiger charge is -2.39. The number of fused-ring (bicyclic) bond motifs is 3. The maximum Gasteiger partial charge on any atom is 0.310 e. The van der Waals surface area contributed by atoms with Gasteiger partial charge < -0.3 is 9.47 Å². The fourth-order valence-electron chi connectivity index (χ4n) is 8.62. The van der Waals surface area contributed by atoms with Crippen molar-refractivity contribution in [1.82, 2.24) is 0 Å². The van der Waals surface area contributed by atoms with Gasteiger partial charge in [0.2, 0.25) is 0 Å². The van der Waals surface area contributed by atoms with E-state index in [0.29, 0.717) is 24.3 Å². The number of ether oxygens (including phenoxy) is 2. The van der Waals surface area contributed by atoms with Crippen molar-refractivity contribution in [3.05, 3.63) is 59.7 Å². The van der Waals surface area contributed by atoms with Gasteiger partial charge in [-0.3, -0.25) is 9.59 Å². The Morgan fingerprint density at radius 2 is 0.984 bits per heavy atom. The van der Waals surface area contributed by atoms with Gasteiger partial charge in [0.1, 0.15) is 11.5 Å². The summed E-state index contributed by atoms with van der Waals surface area (Å²) in [6.45, 7) is 3.67. The molecule has 10 atom stereocenters. The number of carbonyl (C=O) groups is 2. The van der Waals surface area contributed by atoms with E-state index in [1.54, 1.807) is 0 Å². The number of aryl methyl sites for hydroxylation is 2. The van der Waals surface area contributed by atoms with Crippen molar-refractivity contribution < 1.29 is 19.1 Å². The normalized spacial score (nSPS) is 29.4. The summed E-state index contributed by atoms with van der Waals surface area (Å²) < 4.78 is 10.8. The fourth-order valence-corrected chi connectivity index (χ4v) is 24.4. The Bertz CT molecular complexity index is 1640. The largest absolute Gasteiger partial charge is 0.427 e. The van der Waals surface area contributed by atoms with E-state index in [1.165, 1.54) is 125 Å². The molecule has 2 aromatic carbocycles. The molecule has 6 saturated heterocycles. The molecule has 10 unspecified atom stereocenters. The van der Waals surface area contributed by atoms with E-state index in [0.717, 1.165) is 65.3 Å². The van der Waals surface area contributed by atoms with Crippen molar-refractivity contribution in [2.75, 3.05) is 11.5 Å². The minimum Gasteiger partial charge on any atom is -0.427 e. The molecule has 8 rings (SSSR count). The lowest BCUT2D eigenvalue weighted by atomic mass is 10.0. The van der Waals surface area contributed by atoms with Gasteiger partial charge in [-0.1, -0.05) is 154 Å². The molecule has 61 heavy (non-hydrogen) atoms. The SMILES string of the molecule is CCC(=O)Oc1cccc(CCCCCCCC2SSC(CC3CSSCC(CC4SC4CC4SC4CCCCCCCc4cccc(OC(=O)CC)c4)SS3)C3CC2S3)c1. The third-order valence-corrected chi connectivity index (χ3v) is 27.3. The lowest BCUT2D eigenvalue weighted by molar-refractivity contribution is -0.134. The number of rotatable bonds is 26. The summed E-state index contributed by atoms with van der Waals surface area (Å²) in [4.78, 5) is 23.2. The fraction of sp³-hybridized carbons (Fsp3) is 0.708. The number of benzene rings is 2. The van der Waals surface area contributed by atoms with Gasteiger partial charge in [0.05, 0.1) is 0 Å². The molecular weight excluding hydrogens is 929 g/mol. The first-order valence-electron chi connectivity index (χ1n) is 23.4. The summed E-state index contributed by atoms with van der Waals surface area (Å²) in [6, 6.07) is 16.2. The number of hydrogen-bond donors (Lipinski definition) is 0. The van der Waals surface area contributed by atoms with Crippen LogP contribution >= 0.6 is 100 Å². The van der Waals surface area contributed by atoms with Gasteiger partial charge in [-0.25, -0.2) is 0 Å². The Labute approximate surface area is 404 Å². The molecule has 0 aromatic heterocycles. The molecular formula is C48H68O4S9. The predicted molar refractivity (Wildman–Crippen MR) is 282 cm³/mol. The van der Waals surface area contributed by atoms with Crippen LogP contribution in [0.15, 0.2) is 48.5 Å². The smallest absolute Gasteiger partial charge is 0.310 e. The molecule has 2 aromatic rings. The molecule has 338 valence electrons. The predicted octanol–water partition coefficient (Wildman–Crippen LogP) is 15.4. The Balaban J connectivity index is 0.692. The highest BCUT2D eigenvalue weighted by molar-refractivity contribution is 8.80. The molecule has 6 fully saturated rings. The molecule has 0 N–H and O–H groups in total. The monoisotopic (exact) mass is 996 g/mol. The minimum absolute atomic E-state index is 0.164. The van der Waals surface area contributed by atoms with Crippen molar-refractivity contribution >= 4 is 112 Å². The van der Waals surface area contributed by atoms with Crippen LogP contribution in [0.5, 0.6) is 11.5 Å². The van der Waals surface area contributed by atoms with Crippen molar-refractivity contribution in [3.8, 4) is 11.5 Å². The average molecular weight is 998 g/mol. The zero-order chi connectivity index (χ0) is 42.2. The Morgan fingerprint density at radius 3 is 1.57 bits per heavy atom. The molecule has 0 radical (unpaired) electrons. The molecule has 0 amide bonds. The molecule has 13 heteroatoms. The van der Waals surface area contributed by atoms with E-state index in [-0.39, 0.29) is 11.9 Å². The van der Waals surface area contributed by atoms with Gasteiger partial charge in [0.15, 0.2) is 0 Å². The Kier molecular flexibility index (Phi) is 21.7. The van der Waals surface area contributed by atoms with Crippen LogP contribution in [0.1, 0.15) is 141 Å². The van der Waals surface area contributed by atoms with Crippen LogP contribution in [-0.2, 0) is 22.4 Å². The highest BCUT2D eigenvalue weighted by atomic mass is 33.1. The first kappa shape index (κ1) is 49.4. The zero-order valence-corrected chi connectivity index (χ0v) is 43.6. The highest BCUT2D eigenvalue weighted by Gasteiger charge is 2.48. The standard InChI is InChI=1S/C48H68O4S9/c1-3-47(49)51-35-21-15-19-33(25-35)17-11-7-5-9-13-23-39-42(55-39)29-44-41(56-44)27-37-31-53-54-32-38(59-58-37)28-46-45-30-43(57-45)40(60-61-46)24-14-10-6-8-12-18-34-20-16-22-36(26-34)52-48(50)4-2/h15-16,19-22,25-26,37-46H,3-14,17-18,23-24,27-32H2,1-2H3. The summed E-state index contributed by atoms with van der Waals surface area (Å²) in [5, 5.41) is 8.76. The number of thioether (sulfide) groups is 3. The Morgan fingerprint density at radius 1 is 0.525 bits per heavy atom. The molecule has 2 bridgehead atoms. The van der Waals surface area contributed by atoms with E-state index in [9.17, 15) is 9.59 Å². The van der Waals surface area contributed by atoms with Gasteiger partial charge >= 0.3 is 11.9 Å². The van der Waals surface area contributed by atoms with Crippen molar-refractivity contribution in [3.63, 3.8) is 0 Å². The summed E-state index contributed by atoms with van der Waals surface area (Å²) in [7, 11) is 13.4. The van der Waals surface area contributed by atoms with Crippen LogP contribution in [0.4, 0.5) is 0 Å². The number of unbranched alkanes of at least 4 members (excludes halogenated alkanes) is 8. The van der Waals surface area contributed by atoms with Crippen LogP contribution in [0.2, 0.25) is 0 Å². The lowest BCUT2D eigenvalue weighted by Crippen LogP contribution is -2.38. The highest BCUT2D eigenvalue weighted by Crippen LogP contribution is 2.59. The molecule has 0 saturated carbocycles. The van der Waals surface area contributed by atoms with Gasteiger partial charge in [-0.15, -0.1) is 0 Å². The maximum absolute atomic E-state index is 11.6. The van der Waals surface area contributed by atoms with E-state index in [4.69, 9.17) is 9.47 Å². The average Bonchev–Trinajstić information content (AvgIpc) is 4.18. The van der Waals surface area contributed by atoms with E-state index >= 15 is 0 Å². The first-order valence-corrected chi connectivity index (χ1v) is 33.2. The van der Waals surface area contributed by atoms with Crippen LogP contribution in [0, 0.1) is 0 Å². The van der Waals surface area contributed by atoms with E-state index in [2.05, 4.69) is 112 Å². The molecule has 6 aliphatic heterocycles. The van der Waals surface area contributed by atoms with Crippen LogP contribution < -0.4 is 9.47 Å². The number of esters is 2. The second-order valence-corrected chi connectivity index (χ2v) is 30.0. The van der Waals surface area contributed by atoms with E-state index in [1.807, 2.05) is 50.2 Å². The zero-order valence-electron chi connectivity index (χ0n) is 36.3. The van der Waals surface area contributed by atoms with E-state index < -0.39 is 0 Å². The summed E-state index contributed by atoms with van der Waals surface area (Å²) in [5.41, 5.74) is 2.55. The third-order valence-electron chi connectivity index (χ3n) is 12.4. The third kappa shape index (κ3) is 17.3. The Hall–Kier alpha value is 0.530. The van der Waals surface area contributed by atoms with Crippen LogP contribution in [0.25, 0.3) is 0 Å². The molecule has 4 nitrogen and oxygen atoms in total. The molecule has 0 aliphatic carbocycles. The molecule has 0 spiro atoms. The van der Waals surface area contributed by atoms with Crippen molar-refractivity contribution in [2.45, 2.75) is 195 Å². The molecule has 6 aliphatic rings. The number of hydrogen-bond acceptors (Lipinski definition) is 13.